The highest BCUT2D eigenvalue weighted by atomic mass is 19.4. The minimum Gasteiger partial charge on any atom is -0.462 e. The van der Waals surface area contributed by atoms with E-state index in [0.29, 0.717) is 11.3 Å². The predicted molar refractivity (Wildman–Crippen MR) is 85.1 cm³/mol. The van der Waals surface area contributed by atoms with Gasteiger partial charge in [-0.05, 0) is 35.9 Å². The molecule has 2 rings (SSSR count). The Balaban J connectivity index is 1.89. The van der Waals surface area contributed by atoms with E-state index in [1.807, 2.05) is 0 Å². The standard InChI is InChI=1S/C17H15F3N2O3/c18-17(19,20)13-3-1-2-11(10-13)8-9-25-15(23)12-4-6-14(7-5-12)22-16(21)24/h1-7,10H,8-9H2,(H3,21,22,24). The summed E-state index contributed by atoms with van der Waals surface area (Å²) in [5, 5.41) is 2.35. The van der Waals surface area contributed by atoms with Gasteiger partial charge in [0.15, 0.2) is 0 Å². The van der Waals surface area contributed by atoms with Crippen molar-refractivity contribution in [1.82, 2.24) is 0 Å². The number of esters is 1. The van der Waals surface area contributed by atoms with Gasteiger partial charge in [-0.2, -0.15) is 13.2 Å². The first kappa shape index (κ1) is 18.3. The lowest BCUT2D eigenvalue weighted by molar-refractivity contribution is -0.137. The summed E-state index contributed by atoms with van der Waals surface area (Å²) in [4.78, 5) is 22.6. The van der Waals surface area contributed by atoms with E-state index in [9.17, 15) is 22.8 Å². The number of amides is 2. The smallest absolute Gasteiger partial charge is 0.416 e. The summed E-state index contributed by atoms with van der Waals surface area (Å²) >= 11 is 0. The third-order valence-corrected chi connectivity index (χ3v) is 3.27. The Kier molecular flexibility index (Phi) is 5.63. The second-order valence-corrected chi connectivity index (χ2v) is 5.15. The fraction of sp³-hybridized carbons (Fsp3) is 0.176. The summed E-state index contributed by atoms with van der Waals surface area (Å²) in [5.41, 5.74) is 5.32. The molecule has 2 amide bonds. The molecule has 0 radical (unpaired) electrons. The molecule has 0 aliphatic carbocycles. The third-order valence-electron chi connectivity index (χ3n) is 3.27. The molecule has 0 saturated carbocycles. The number of alkyl halides is 3. The van der Waals surface area contributed by atoms with Gasteiger partial charge in [-0.15, -0.1) is 0 Å². The van der Waals surface area contributed by atoms with Crippen LogP contribution in [-0.4, -0.2) is 18.6 Å². The molecule has 25 heavy (non-hydrogen) atoms. The number of benzene rings is 2. The molecule has 5 nitrogen and oxygen atoms in total. The van der Waals surface area contributed by atoms with Crippen LogP contribution in [0.2, 0.25) is 0 Å². The van der Waals surface area contributed by atoms with Gasteiger partial charge in [-0.3, -0.25) is 0 Å². The van der Waals surface area contributed by atoms with Crippen molar-refractivity contribution in [2.45, 2.75) is 12.6 Å². The largest absolute Gasteiger partial charge is 0.462 e. The average Bonchev–Trinajstić information content (AvgIpc) is 2.54. The summed E-state index contributed by atoms with van der Waals surface area (Å²) in [7, 11) is 0. The van der Waals surface area contributed by atoms with Crippen molar-refractivity contribution in [2.75, 3.05) is 11.9 Å². The highest BCUT2D eigenvalue weighted by Crippen LogP contribution is 2.29. The molecule has 0 saturated heterocycles. The first-order valence-corrected chi connectivity index (χ1v) is 7.25. The molecule has 0 aliphatic rings. The summed E-state index contributed by atoms with van der Waals surface area (Å²) in [6, 6.07) is 9.97. The van der Waals surface area contributed by atoms with Crippen molar-refractivity contribution in [3.63, 3.8) is 0 Å². The van der Waals surface area contributed by atoms with Gasteiger partial charge in [0.2, 0.25) is 0 Å². The lowest BCUT2D eigenvalue weighted by atomic mass is 10.1. The molecule has 3 N–H and O–H groups in total. The Morgan fingerprint density at radius 1 is 1.08 bits per heavy atom. The highest BCUT2D eigenvalue weighted by Gasteiger charge is 2.30. The summed E-state index contributed by atoms with van der Waals surface area (Å²) in [5.74, 6) is -0.613. The molecule has 0 heterocycles. The minimum atomic E-state index is -4.41. The lowest BCUT2D eigenvalue weighted by Gasteiger charge is -2.09. The number of carbonyl (C=O) groups is 2. The number of nitrogens with one attached hydrogen (secondary N) is 1. The summed E-state index contributed by atoms with van der Waals surface area (Å²) in [6.45, 7) is -0.0541. The molecule has 0 atom stereocenters. The van der Waals surface area contributed by atoms with Gasteiger partial charge in [-0.1, -0.05) is 18.2 Å². The zero-order chi connectivity index (χ0) is 18.4. The molecule has 8 heteroatoms. The second-order valence-electron chi connectivity index (χ2n) is 5.15. The number of primary amides is 1. The van der Waals surface area contributed by atoms with E-state index in [-0.39, 0.29) is 18.6 Å². The molecular formula is C17H15F3N2O3. The number of rotatable bonds is 5. The van der Waals surface area contributed by atoms with Gasteiger partial charge in [-0.25, -0.2) is 9.59 Å². The van der Waals surface area contributed by atoms with Crippen LogP contribution in [0.4, 0.5) is 23.7 Å². The van der Waals surface area contributed by atoms with Crippen LogP contribution in [0.3, 0.4) is 0 Å². The van der Waals surface area contributed by atoms with Crippen molar-refractivity contribution in [2.24, 2.45) is 5.73 Å². The number of nitrogens with two attached hydrogens (primary N) is 1. The van der Waals surface area contributed by atoms with Crippen LogP contribution in [0.5, 0.6) is 0 Å². The van der Waals surface area contributed by atoms with Crippen LogP contribution >= 0.6 is 0 Å². The Hall–Kier alpha value is -3.03. The Morgan fingerprint density at radius 3 is 2.36 bits per heavy atom. The fourth-order valence-electron chi connectivity index (χ4n) is 2.08. The van der Waals surface area contributed by atoms with E-state index in [1.54, 1.807) is 0 Å². The number of halogens is 3. The normalized spacial score (nSPS) is 11.0. The van der Waals surface area contributed by atoms with Crippen LogP contribution in [0.1, 0.15) is 21.5 Å². The highest BCUT2D eigenvalue weighted by molar-refractivity contribution is 5.91. The van der Waals surface area contributed by atoms with Crippen molar-refractivity contribution in [3.8, 4) is 0 Å². The van der Waals surface area contributed by atoms with Gasteiger partial charge >= 0.3 is 18.2 Å². The quantitative estimate of drug-likeness (QED) is 0.807. The number of carbonyl (C=O) groups excluding carboxylic acids is 2. The Bertz CT molecular complexity index is 758. The Morgan fingerprint density at radius 2 is 1.76 bits per heavy atom. The van der Waals surface area contributed by atoms with Crippen molar-refractivity contribution >= 4 is 17.7 Å². The number of urea groups is 1. The molecule has 0 fully saturated rings. The monoisotopic (exact) mass is 352 g/mol. The van der Waals surface area contributed by atoms with Gasteiger partial charge in [0.25, 0.3) is 0 Å². The van der Waals surface area contributed by atoms with Crippen molar-refractivity contribution in [1.29, 1.82) is 0 Å². The van der Waals surface area contributed by atoms with Crippen LogP contribution < -0.4 is 11.1 Å². The molecule has 0 spiro atoms. The molecule has 0 bridgehead atoms. The van der Waals surface area contributed by atoms with Gasteiger partial charge < -0.3 is 15.8 Å². The predicted octanol–water partition coefficient (Wildman–Crippen LogP) is 3.60. The van der Waals surface area contributed by atoms with Crippen LogP contribution in [-0.2, 0) is 17.3 Å². The fourth-order valence-corrected chi connectivity index (χ4v) is 2.08. The van der Waals surface area contributed by atoms with Crippen LogP contribution in [0.15, 0.2) is 48.5 Å². The number of anilines is 1. The van der Waals surface area contributed by atoms with Gasteiger partial charge in [0.05, 0.1) is 17.7 Å². The lowest BCUT2D eigenvalue weighted by Crippen LogP contribution is -2.19. The van der Waals surface area contributed by atoms with E-state index in [4.69, 9.17) is 10.5 Å². The molecule has 2 aromatic rings. The van der Waals surface area contributed by atoms with Gasteiger partial charge in [0.1, 0.15) is 0 Å². The topological polar surface area (TPSA) is 81.4 Å². The first-order valence-electron chi connectivity index (χ1n) is 7.25. The van der Waals surface area contributed by atoms with Crippen LogP contribution in [0.25, 0.3) is 0 Å². The molecule has 132 valence electrons. The molecular weight excluding hydrogens is 337 g/mol. The number of hydrogen-bond donors (Lipinski definition) is 2. The van der Waals surface area contributed by atoms with E-state index >= 15 is 0 Å². The van der Waals surface area contributed by atoms with Crippen molar-refractivity contribution < 1.29 is 27.5 Å². The minimum absolute atomic E-state index is 0.0541. The molecule has 2 aromatic carbocycles. The van der Waals surface area contributed by atoms with Crippen LogP contribution in [0, 0.1) is 0 Å². The average molecular weight is 352 g/mol. The maximum Gasteiger partial charge on any atom is 0.416 e. The zero-order valence-corrected chi connectivity index (χ0v) is 13.0. The van der Waals surface area contributed by atoms with E-state index in [0.717, 1.165) is 12.1 Å². The first-order chi connectivity index (χ1) is 11.8. The maximum atomic E-state index is 12.6. The van der Waals surface area contributed by atoms with Gasteiger partial charge in [0, 0.05) is 12.1 Å². The summed E-state index contributed by atoms with van der Waals surface area (Å²) in [6.07, 6.45) is -4.25. The van der Waals surface area contributed by atoms with E-state index in [2.05, 4.69) is 5.32 Å². The second kappa shape index (κ2) is 7.69. The summed E-state index contributed by atoms with van der Waals surface area (Å²) < 4.78 is 42.9. The van der Waals surface area contributed by atoms with Crippen molar-refractivity contribution in [3.05, 3.63) is 65.2 Å². The van der Waals surface area contributed by atoms with E-state index in [1.165, 1.54) is 36.4 Å². The van der Waals surface area contributed by atoms with E-state index < -0.39 is 23.7 Å². The molecule has 0 unspecified atom stereocenters. The molecule has 0 aromatic heterocycles. The maximum absolute atomic E-state index is 12.6. The number of ether oxygens (including phenoxy) is 1. The number of hydrogen-bond acceptors (Lipinski definition) is 3. The Labute approximate surface area is 141 Å². The molecule has 0 aliphatic heterocycles. The third kappa shape index (κ3) is 5.52. The SMILES string of the molecule is NC(=O)Nc1ccc(C(=O)OCCc2cccc(C(F)(F)F)c2)cc1. The zero-order valence-electron chi connectivity index (χ0n) is 13.0.